The maximum atomic E-state index is 9.34. The molecule has 2 rings (SSSR count). The Morgan fingerprint density at radius 2 is 2.00 bits per heavy atom. The minimum Gasteiger partial charge on any atom is -0.317 e. The molecule has 18 heavy (non-hydrogen) atoms. The Balaban J connectivity index is 1.96. The Labute approximate surface area is 109 Å². The van der Waals surface area contributed by atoms with E-state index >= 15 is 0 Å². The zero-order valence-electron chi connectivity index (χ0n) is 11.0. The van der Waals surface area contributed by atoms with Gasteiger partial charge in [-0.1, -0.05) is 30.3 Å². The predicted octanol–water partition coefficient (Wildman–Crippen LogP) is 1.98. The molecule has 0 saturated carbocycles. The highest BCUT2D eigenvalue weighted by Gasteiger charge is 2.21. The second kappa shape index (κ2) is 6.53. The highest BCUT2D eigenvalue weighted by Crippen LogP contribution is 2.18. The fourth-order valence-corrected chi connectivity index (χ4v) is 2.59. The van der Waals surface area contributed by atoms with Crippen molar-refractivity contribution < 1.29 is 0 Å². The molecule has 0 spiro atoms. The van der Waals surface area contributed by atoms with E-state index in [0.717, 1.165) is 25.2 Å². The first kappa shape index (κ1) is 13.1. The molecule has 1 atom stereocenters. The van der Waals surface area contributed by atoms with Crippen molar-refractivity contribution in [2.45, 2.75) is 24.8 Å². The smallest absolute Gasteiger partial charge is 0.0839 e. The van der Waals surface area contributed by atoms with Gasteiger partial charge < -0.3 is 10.2 Å². The van der Waals surface area contributed by atoms with E-state index in [4.69, 9.17) is 0 Å². The van der Waals surface area contributed by atoms with Crippen molar-refractivity contribution in [3.63, 3.8) is 0 Å². The van der Waals surface area contributed by atoms with Gasteiger partial charge in [0.2, 0.25) is 0 Å². The molecule has 1 fully saturated rings. The molecule has 0 amide bonds. The second-order valence-electron chi connectivity index (χ2n) is 5.01. The van der Waals surface area contributed by atoms with Gasteiger partial charge in [-0.05, 0) is 38.5 Å². The van der Waals surface area contributed by atoms with Crippen LogP contribution in [0.25, 0.3) is 0 Å². The van der Waals surface area contributed by atoms with E-state index in [-0.39, 0.29) is 5.92 Å². The van der Waals surface area contributed by atoms with Crippen molar-refractivity contribution >= 4 is 0 Å². The molecule has 1 aliphatic heterocycles. The summed E-state index contributed by atoms with van der Waals surface area (Å²) in [6, 6.07) is 13.1. The molecule has 0 aromatic heterocycles. The van der Waals surface area contributed by atoms with E-state index in [0.29, 0.717) is 6.04 Å². The standard InChI is InChI=1S/C15H21N3/c1-18(15-7-9-17-10-8-15)12-14(11-16)13-5-3-2-4-6-13/h2-6,14-15,17H,7-10,12H2,1H3. The molecule has 96 valence electrons. The Hall–Kier alpha value is -1.37. The van der Waals surface area contributed by atoms with Crippen molar-refractivity contribution in [2.24, 2.45) is 0 Å². The van der Waals surface area contributed by atoms with Crippen molar-refractivity contribution in [1.29, 1.82) is 5.26 Å². The number of rotatable bonds is 4. The average molecular weight is 243 g/mol. The van der Waals surface area contributed by atoms with Gasteiger partial charge in [-0.2, -0.15) is 5.26 Å². The molecular formula is C15H21N3. The molecular weight excluding hydrogens is 222 g/mol. The predicted molar refractivity (Wildman–Crippen MR) is 73.3 cm³/mol. The Morgan fingerprint density at radius 1 is 1.33 bits per heavy atom. The Kier molecular flexibility index (Phi) is 4.74. The molecule has 1 heterocycles. The summed E-state index contributed by atoms with van der Waals surface area (Å²) in [6.07, 6.45) is 2.37. The molecule has 1 aliphatic rings. The second-order valence-corrected chi connectivity index (χ2v) is 5.01. The first-order chi connectivity index (χ1) is 8.81. The summed E-state index contributed by atoms with van der Waals surface area (Å²) >= 11 is 0. The van der Waals surface area contributed by atoms with Crippen LogP contribution < -0.4 is 5.32 Å². The summed E-state index contributed by atoms with van der Waals surface area (Å²) < 4.78 is 0. The van der Waals surface area contributed by atoms with E-state index in [1.54, 1.807) is 0 Å². The van der Waals surface area contributed by atoms with Crippen LogP contribution in [-0.4, -0.2) is 37.6 Å². The van der Waals surface area contributed by atoms with Crippen molar-refractivity contribution in [2.75, 3.05) is 26.7 Å². The highest BCUT2D eigenvalue weighted by molar-refractivity contribution is 5.25. The van der Waals surface area contributed by atoms with E-state index in [1.165, 1.54) is 12.8 Å². The van der Waals surface area contributed by atoms with E-state index in [2.05, 4.69) is 23.3 Å². The Bertz CT molecular complexity index is 390. The van der Waals surface area contributed by atoms with Gasteiger partial charge in [0, 0.05) is 12.6 Å². The number of piperidine rings is 1. The highest BCUT2D eigenvalue weighted by atomic mass is 15.1. The average Bonchev–Trinajstić information content (AvgIpc) is 2.46. The number of nitrogens with zero attached hydrogens (tertiary/aromatic N) is 2. The first-order valence-corrected chi connectivity index (χ1v) is 6.67. The fourth-order valence-electron chi connectivity index (χ4n) is 2.59. The minimum atomic E-state index is -0.0221. The van der Waals surface area contributed by atoms with Gasteiger partial charge in [0.1, 0.15) is 0 Å². The maximum absolute atomic E-state index is 9.34. The zero-order chi connectivity index (χ0) is 12.8. The third-order valence-electron chi connectivity index (χ3n) is 3.76. The van der Waals surface area contributed by atoms with E-state index in [9.17, 15) is 5.26 Å². The van der Waals surface area contributed by atoms with Crippen LogP contribution in [0.1, 0.15) is 24.3 Å². The largest absolute Gasteiger partial charge is 0.317 e. The van der Waals surface area contributed by atoms with Crippen molar-refractivity contribution in [3.8, 4) is 6.07 Å². The van der Waals surface area contributed by atoms with Gasteiger partial charge in [0.25, 0.3) is 0 Å². The van der Waals surface area contributed by atoms with Crippen LogP contribution in [-0.2, 0) is 0 Å². The molecule has 1 unspecified atom stereocenters. The van der Waals surface area contributed by atoms with Gasteiger partial charge >= 0.3 is 0 Å². The summed E-state index contributed by atoms with van der Waals surface area (Å²) in [5, 5.41) is 12.7. The van der Waals surface area contributed by atoms with Crippen LogP contribution >= 0.6 is 0 Å². The minimum absolute atomic E-state index is 0.0221. The summed E-state index contributed by atoms with van der Waals surface area (Å²) in [5.41, 5.74) is 1.13. The van der Waals surface area contributed by atoms with E-state index in [1.807, 2.05) is 30.3 Å². The maximum Gasteiger partial charge on any atom is 0.0839 e. The summed E-state index contributed by atoms with van der Waals surface area (Å²) in [4.78, 5) is 2.35. The number of likely N-dealkylation sites (N-methyl/N-ethyl adjacent to an activating group) is 1. The lowest BCUT2D eigenvalue weighted by Gasteiger charge is -2.32. The normalized spacial score (nSPS) is 18.5. The van der Waals surface area contributed by atoms with E-state index < -0.39 is 0 Å². The number of nitriles is 1. The van der Waals surface area contributed by atoms with Gasteiger partial charge in [-0.25, -0.2) is 0 Å². The molecule has 0 radical (unpaired) electrons. The fraction of sp³-hybridized carbons (Fsp3) is 0.533. The summed E-state index contributed by atoms with van der Waals surface area (Å²) in [7, 11) is 2.14. The lowest BCUT2D eigenvalue weighted by Crippen LogP contribution is -2.42. The number of benzene rings is 1. The van der Waals surface area contributed by atoms with Crippen LogP contribution in [0.5, 0.6) is 0 Å². The monoisotopic (exact) mass is 243 g/mol. The van der Waals surface area contributed by atoms with Crippen LogP contribution in [0.4, 0.5) is 0 Å². The molecule has 1 N–H and O–H groups in total. The first-order valence-electron chi connectivity index (χ1n) is 6.67. The van der Waals surface area contributed by atoms with Crippen molar-refractivity contribution in [3.05, 3.63) is 35.9 Å². The molecule has 1 saturated heterocycles. The molecule has 1 aromatic rings. The molecule has 3 nitrogen and oxygen atoms in total. The van der Waals surface area contributed by atoms with Crippen LogP contribution in [0.15, 0.2) is 30.3 Å². The summed E-state index contributed by atoms with van der Waals surface area (Å²) in [5.74, 6) is -0.0221. The molecule has 0 aliphatic carbocycles. The van der Waals surface area contributed by atoms with Crippen LogP contribution in [0, 0.1) is 11.3 Å². The topological polar surface area (TPSA) is 39.1 Å². The summed E-state index contributed by atoms with van der Waals surface area (Å²) in [6.45, 7) is 3.01. The molecule has 3 heteroatoms. The molecule has 0 bridgehead atoms. The molecule has 1 aromatic carbocycles. The van der Waals surface area contributed by atoms with Gasteiger partial charge in [0.15, 0.2) is 0 Å². The van der Waals surface area contributed by atoms with Gasteiger partial charge in [-0.15, -0.1) is 0 Å². The van der Waals surface area contributed by atoms with Gasteiger partial charge in [0.05, 0.1) is 12.0 Å². The van der Waals surface area contributed by atoms with Crippen molar-refractivity contribution in [1.82, 2.24) is 10.2 Å². The number of hydrogen-bond acceptors (Lipinski definition) is 3. The van der Waals surface area contributed by atoms with Crippen LogP contribution in [0.3, 0.4) is 0 Å². The van der Waals surface area contributed by atoms with Gasteiger partial charge in [-0.3, -0.25) is 0 Å². The van der Waals surface area contributed by atoms with Crippen LogP contribution in [0.2, 0.25) is 0 Å². The number of hydrogen-bond donors (Lipinski definition) is 1. The third kappa shape index (κ3) is 3.32. The number of nitrogens with one attached hydrogen (secondary N) is 1. The lowest BCUT2D eigenvalue weighted by molar-refractivity contribution is 0.196. The quantitative estimate of drug-likeness (QED) is 0.879. The third-order valence-corrected chi connectivity index (χ3v) is 3.76. The lowest BCUT2D eigenvalue weighted by atomic mass is 9.98. The SMILES string of the molecule is CN(CC(C#N)c1ccccc1)C1CCNCC1. The zero-order valence-corrected chi connectivity index (χ0v) is 11.0. The Morgan fingerprint density at radius 3 is 2.61 bits per heavy atom.